The number of nitrogens with zero attached hydrogens (tertiary/aromatic N) is 3. The van der Waals surface area contributed by atoms with E-state index < -0.39 is 5.97 Å². The summed E-state index contributed by atoms with van der Waals surface area (Å²) in [6, 6.07) is 8.26. The molecular formula is C14H17N3O2S. The van der Waals surface area contributed by atoms with Crippen molar-refractivity contribution in [2.45, 2.75) is 32.0 Å². The lowest BCUT2D eigenvalue weighted by Gasteiger charge is -2.09. The molecule has 2 aromatic rings. The van der Waals surface area contributed by atoms with E-state index in [1.54, 1.807) is 0 Å². The molecule has 0 saturated carbocycles. The molecule has 106 valence electrons. The zero-order chi connectivity index (χ0) is 14.5. The van der Waals surface area contributed by atoms with E-state index in [9.17, 15) is 4.79 Å². The average molecular weight is 291 g/mol. The van der Waals surface area contributed by atoms with Gasteiger partial charge in [0.25, 0.3) is 0 Å². The topological polar surface area (TPSA) is 68.0 Å². The van der Waals surface area contributed by atoms with Crippen LogP contribution in [-0.2, 0) is 17.8 Å². The van der Waals surface area contributed by atoms with Gasteiger partial charge in [-0.3, -0.25) is 4.79 Å². The van der Waals surface area contributed by atoms with Crippen LogP contribution in [-0.4, -0.2) is 31.6 Å². The highest BCUT2D eigenvalue weighted by Gasteiger charge is 2.11. The molecule has 0 unspecified atom stereocenters. The van der Waals surface area contributed by atoms with Crippen LogP contribution in [0.25, 0.3) is 0 Å². The van der Waals surface area contributed by atoms with E-state index in [1.165, 1.54) is 22.9 Å². The molecule has 1 N–H and O–H groups in total. The first-order chi connectivity index (χ1) is 9.58. The molecule has 0 spiro atoms. The van der Waals surface area contributed by atoms with Gasteiger partial charge >= 0.3 is 5.97 Å². The van der Waals surface area contributed by atoms with E-state index in [0.717, 1.165) is 18.8 Å². The van der Waals surface area contributed by atoms with Gasteiger partial charge < -0.3 is 9.67 Å². The summed E-state index contributed by atoms with van der Waals surface area (Å²) >= 11 is 1.21. The van der Waals surface area contributed by atoms with Crippen LogP contribution < -0.4 is 0 Å². The quantitative estimate of drug-likeness (QED) is 0.827. The summed E-state index contributed by atoms with van der Waals surface area (Å²) in [4.78, 5) is 10.6. The van der Waals surface area contributed by atoms with Crippen molar-refractivity contribution in [2.75, 3.05) is 5.75 Å². The van der Waals surface area contributed by atoms with Gasteiger partial charge in [0.15, 0.2) is 5.16 Å². The normalized spacial score (nSPS) is 10.7. The Labute approximate surface area is 122 Å². The monoisotopic (exact) mass is 291 g/mol. The van der Waals surface area contributed by atoms with E-state index in [4.69, 9.17) is 5.11 Å². The number of aliphatic carboxylic acids is 1. The minimum atomic E-state index is -0.846. The minimum Gasteiger partial charge on any atom is -0.481 e. The third-order valence-corrected chi connectivity index (χ3v) is 4.04. The first-order valence-corrected chi connectivity index (χ1v) is 7.35. The van der Waals surface area contributed by atoms with Crippen LogP contribution in [0.3, 0.4) is 0 Å². The number of hydrogen-bond acceptors (Lipinski definition) is 4. The molecule has 0 atom stereocenters. The predicted molar refractivity (Wildman–Crippen MR) is 78.0 cm³/mol. The number of thioether (sulfide) groups is 1. The third-order valence-electron chi connectivity index (χ3n) is 3.09. The molecule has 1 heterocycles. The Balaban J connectivity index is 2.07. The maximum Gasteiger partial charge on any atom is 0.313 e. The van der Waals surface area contributed by atoms with Crippen molar-refractivity contribution >= 4 is 17.7 Å². The second-order valence-electron chi connectivity index (χ2n) is 4.54. The molecule has 0 bridgehead atoms. The number of carbonyl (C=O) groups is 1. The summed E-state index contributed by atoms with van der Waals surface area (Å²) < 4.78 is 1.97. The highest BCUT2D eigenvalue weighted by Crippen LogP contribution is 2.18. The summed E-state index contributed by atoms with van der Waals surface area (Å²) in [5, 5.41) is 17.5. The average Bonchev–Trinajstić information content (AvgIpc) is 2.76. The zero-order valence-electron chi connectivity index (χ0n) is 11.5. The van der Waals surface area contributed by atoms with Gasteiger partial charge in [-0.2, -0.15) is 0 Å². The fourth-order valence-corrected chi connectivity index (χ4v) is 2.71. The van der Waals surface area contributed by atoms with Crippen molar-refractivity contribution in [1.82, 2.24) is 14.8 Å². The molecule has 0 amide bonds. The Kier molecular flexibility index (Phi) is 4.79. The Morgan fingerprint density at radius 1 is 1.30 bits per heavy atom. The van der Waals surface area contributed by atoms with Gasteiger partial charge in [-0.1, -0.05) is 36.0 Å². The highest BCUT2D eigenvalue weighted by atomic mass is 32.2. The summed E-state index contributed by atoms with van der Waals surface area (Å²) in [7, 11) is 0. The van der Waals surface area contributed by atoms with E-state index >= 15 is 0 Å². The molecule has 0 radical (unpaired) electrons. The van der Waals surface area contributed by atoms with Crippen molar-refractivity contribution in [2.24, 2.45) is 0 Å². The van der Waals surface area contributed by atoms with Crippen LogP contribution in [0.2, 0.25) is 0 Å². The van der Waals surface area contributed by atoms with Crippen molar-refractivity contribution < 1.29 is 9.90 Å². The van der Waals surface area contributed by atoms with E-state index in [0.29, 0.717) is 5.16 Å². The molecular weight excluding hydrogens is 274 g/mol. The lowest BCUT2D eigenvalue weighted by Crippen LogP contribution is -2.07. The number of carboxylic acids is 1. The molecule has 6 heteroatoms. The number of hydrogen-bond donors (Lipinski definition) is 1. The molecule has 0 aliphatic rings. The van der Waals surface area contributed by atoms with Gasteiger partial charge in [-0.25, -0.2) is 0 Å². The van der Waals surface area contributed by atoms with Crippen LogP contribution in [0.1, 0.15) is 17.0 Å². The van der Waals surface area contributed by atoms with Gasteiger partial charge in [0.1, 0.15) is 5.82 Å². The second kappa shape index (κ2) is 6.56. The van der Waals surface area contributed by atoms with Crippen LogP contribution in [0, 0.1) is 13.8 Å². The minimum absolute atomic E-state index is 0.00248. The van der Waals surface area contributed by atoms with Crippen LogP contribution in [0.15, 0.2) is 29.4 Å². The Hall–Kier alpha value is -1.82. The first kappa shape index (κ1) is 14.6. The highest BCUT2D eigenvalue weighted by molar-refractivity contribution is 7.99. The zero-order valence-corrected chi connectivity index (χ0v) is 12.4. The number of carboxylic acid groups (broad SMARTS) is 1. The van der Waals surface area contributed by atoms with Crippen LogP contribution >= 0.6 is 11.8 Å². The summed E-state index contributed by atoms with van der Waals surface area (Å²) in [5.41, 5.74) is 2.55. The van der Waals surface area contributed by atoms with E-state index in [1.807, 2.05) is 23.6 Å². The van der Waals surface area contributed by atoms with Crippen molar-refractivity contribution in [3.05, 3.63) is 41.2 Å². The van der Waals surface area contributed by atoms with Gasteiger partial charge in [0, 0.05) is 6.54 Å². The summed E-state index contributed by atoms with van der Waals surface area (Å²) in [5.74, 6) is -0.0322. The molecule has 20 heavy (non-hydrogen) atoms. The van der Waals surface area contributed by atoms with Crippen molar-refractivity contribution in [3.63, 3.8) is 0 Å². The molecule has 0 saturated heterocycles. The van der Waals surface area contributed by atoms with E-state index in [-0.39, 0.29) is 5.75 Å². The lowest BCUT2D eigenvalue weighted by molar-refractivity contribution is -0.133. The van der Waals surface area contributed by atoms with Crippen LogP contribution in [0.5, 0.6) is 0 Å². The number of benzene rings is 1. The predicted octanol–water partition coefficient (Wildman–Crippen LogP) is 2.31. The molecule has 2 rings (SSSR count). The molecule has 0 aliphatic carbocycles. The molecule has 0 fully saturated rings. The maximum absolute atomic E-state index is 10.6. The summed E-state index contributed by atoms with van der Waals surface area (Å²) in [6.07, 6.45) is 0.881. The number of aryl methyl sites for hydroxylation is 3. The Morgan fingerprint density at radius 3 is 2.75 bits per heavy atom. The molecule has 1 aromatic carbocycles. The molecule has 0 aliphatic heterocycles. The van der Waals surface area contributed by atoms with Gasteiger partial charge in [0.05, 0.1) is 5.75 Å². The second-order valence-corrected chi connectivity index (χ2v) is 5.48. The number of aromatic nitrogens is 3. The fraction of sp³-hybridized carbons (Fsp3) is 0.357. The molecule has 5 nitrogen and oxygen atoms in total. The number of rotatable bonds is 6. The summed E-state index contributed by atoms with van der Waals surface area (Å²) in [6.45, 7) is 4.73. The van der Waals surface area contributed by atoms with Crippen molar-refractivity contribution in [3.8, 4) is 0 Å². The Morgan fingerprint density at radius 2 is 2.05 bits per heavy atom. The van der Waals surface area contributed by atoms with Crippen LogP contribution in [0.4, 0.5) is 0 Å². The van der Waals surface area contributed by atoms with Crippen molar-refractivity contribution in [1.29, 1.82) is 0 Å². The van der Waals surface area contributed by atoms with Gasteiger partial charge in [-0.05, 0) is 31.4 Å². The SMILES string of the molecule is Cc1ccccc1CCn1c(C)nnc1SCC(=O)O. The third kappa shape index (κ3) is 3.60. The molecule has 1 aromatic heterocycles. The van der Waals surface area contributed by atoms with E-state index in [2.05, 4.69) is 29.3 Å². The smallest absolute Gasteiger partial charge is 0.313 e. The lowest BCUT2D eigenvalue weighted by atomic mass is 10.1. The standard InChI is InChI=1S/C14H17N3O2S/c1-10-5-3-4-6-12(10)7-8-17-11(2)15-16-14(17)20-9-13(18)19/h3-6H,7-9H2,1-2H3,(H,18,19). The maximum atomic E-state index is 10.6. The van der Waals surface area contributed by atoms with Gasteiger partial charge in [-0.15, -0.1) is 10.2 Å². The first-order valence-electron chi connectivity index (χ1n) is 6.37. The Bertz CT molecular complexity index is 610. The largest absolute Gasteiger partial charge is 0.481 e. The fourth-order valence-electron chi connectivity index (χ4n) is 1.97. The van der Waals surface area contributed by atoms with Gasteiger partial charge in [0.2, 0.25) is 0 Å².